The summed E-state index contributed by atoms with van der Waals surface area (Å²) in [6.45, 7) is 4.55. The first kappa shape index (κ1) is 94.7. The Bertz CT molecular complexity index is 6820. The smallest absolute Gasteiger partial charge is 0.394 e. The molecule has 4 aromatic heterocycles. The molecule has 12 aromatic carbocycles. The number of alkyl halides is 9. The number of thiophene rings is 4. The van der Waals surface area contributed by atoms with Crippen molar-refractivity contribution in [3.8, 4) is 69.0 Å². The molecule has 0 atom stereocenters. The molecule has 696 valence electrons. The Labute approximate surface area is 792 Å². The minimum Gasteiger partial charge on any atom is -0.508 e. The van der Waals surface area contributed by atoms with E-state index in [0.717, 1.165) is 55.0 Å². The monoisotopic (exact) mass is 1950 g/mol. The number of fused-ring (bicyclic) bond motifs is 4. The summed E-state index contributed by atoms with van der Waals surface area (Å²) in [6.07, 6.45) is -11.0. The van der Waals surface area contributed by atoms with Gasteiger partial charge in [0.25, 0.3) is 0 Å². The minimum absolute atomic E-state index is 0.00958. The Kier molecular flexibility index (Phi) is 28.7. The van der Waals surface area contributed by atoms with Crippen molar-refractivity contribution in [2.45, 2.75) is 51.6 Å². The summed E-state index contributed by atoms with van der Waals surface area (Å²) in [5, 5.41) is 42.6. The Morgan fingerprint density at radius 2 is 0.618 bits per heavy atom. The molecule has 8 heterocycles. The molecule has 0 unspecified atom stereocenters. The lowest BCUT2D eigenvalue weighted by Gasteiger charge is -2.40. The van der Waals surface area contributed by atoms with E-state index in [1.54, 1.807) is 150 Å². The first-order valence-corrected chi connectivity index (χ1v) is 46.5. The summed E-state index contributed by atoms with van der Waals surface area (Å²) < 4.78 is 169. The summed E-state index contributed by atoms with van der Waals surface area (Å²) in [4.78, 5) is 62.0. The summed E-state index contributed by atoms with van der Waals surface area (Å²) in [6, 6.07) is 75.0. The maximum atomic E-state index is 14.3. The first-order chi connectivity index (χ1) is 65.4. The number of aromatic hydroxyl groups is 4. The highest BCUT2D eigenvalue weighted by atomic mass is 35.5. The van der Waals surface area contributed by atoms with Crippen molar-refractivity contribution in [1.82, 2.24) is 19.6 Å². The Morgan fingerprint density at radius 1 is 0.338 bits per heavy atom. The predicted molar refractivity (Wildman–Crippen MR) is 504 cm³/mol. The number of carbonyl (C=O) groups excluding carboxylic acids is 4. The zero-order valence-corrected chi connectivity index (χ0v) is 75.5. The number of phenols is 4. The van der Waals surface area contributed by atoms with Crippen LogP contribution < -0.4 is 18.9 Å². The van der Waals surface area contributed by atoms with E-state index in [1.165, 1.54) is 83.3 Å². The number of likely N-dealkylation sites (tertiary alicyclic amines) is 4. The highest BCUT2D eigenvalue weighted by molar-refractivity contribution is 7.22. The van der Waals surface area contributed by atoms with Crippen molar-refractivity contribution in [1.29, 1.82) is 0 Å². The second kappa shape index (κ2) is 41.2. The minimum atomic E-state index is -4.16. The van der Waals surface area contributed by atoms with Crippen LogP contribution in [0.2, 0.25) is 5.02 Å². The third-order valence-corrected chi connectivity index (χ3v) is 28.2. The van der Waals surface area contributed by atoms with Gasteiger partial charge >= 0.3 is 6.18 Å². The average molecular weight is 1950 g/mol. The zero-order chi connectivity index (χ0) is 95.3. The molecular weight excluding hydrogens is 1870 g/mol. The van der Waals surface area contributed by atoms with Gasteiger partial charge in [-0.25, -0.2) is 35.1 Å². The third-order valence-electron chi connectivity index (χ3n) is 23.4. The van der Waals surface area contributed by atoms with Gasteiger partial charge in [0.2, 0.25) is 42.4 Å². The second-order valence-electron chi connectivity index (χ2n) is 33.2. The molecule has 16 nitrogen and oxygen atoms in total. The highest BCUT2D eigenvalue weighted by Gasteiger charge is 2.47. The predicted octanol–water partition coefficient (Wildman–Crippen LogP) is 26.5. The number of nitrogens with zero attached hydrogens (tertiary/aromatic N) is 4. The van der Waals surface area contributed by atoms with Crippen LogP contribution in [-0.2, 0) is 26.2 Å². The summed E-state index contributed by atoms with van der Waals surface area (Å²) in [5.74, 6) is -1.37. The Hall–Kier alpha value is -13.1. The van der Waals surface area contributed by atoms with Crippen LogP contribution in [0.25, 0.3) is 40.3 Å². The number of phenolic OH excluding ortho intramolecular Hbond substituents is 4. The van der Waals surface area contributed by atoms with E-state index >= 15 is 0 Å². The number of ketones is 4. The van der Waals surface area contributed by atoms with Gasteiger partial charge in [0.15, 0.2) is 23.0 Å². The normalized spacial score (nSPS) is 14.6. The van der Waals surface area contributed by atoms with Gasteiger partial charge in [-0.3, -0.25) is 38.8 Å². The van der Waals surface area contributed by atoms with Gasteiger partial charge in [-0.15, -0.1) is 45.3 Å². The fraction of sp³-hybridized carbons (Fsp3) is 0.192. The SMILES string of the molecule is O=C(c1ccc(F)cc1)c1sc2cc(O)ccc2c1Oc1ccc(CN2CC(C(F)(F)F)C2)cc1.O=C(c1ccccc1)c1sc2cc(O)ccc2c1Oc1ccc(CN2CC(C(F)F)C2)cc1.O=C(c1ccccc1Cl)c1sc2cc(O)ccc2c1Oc1ccc(CN2CC(C(F)F)C2)cc1.O=C(c1ccccc1F)c1sc2cc(O)ccc2c1Oc1ccc(CN2CC(C(F)F)C2)cc1. The number of rotatable bonds is 27. The fourth-order valence-electron chi connectivity index (χ4n) is 16.0. The lowest BCUT2D eigenvalue weighted by Crippen LogP contribution is -2.52. The van der Waals surface area contributed by atoms with Crippen LogP contribution in [0.3, 0.4) is 0 Å². The lowest BCUT2D eigenvalue weighted by molar-refractivity contribution is -0.210. The van der Waals surface area contributed by atoms with E-state index in [1.807, 2.05) is 81.4 Å². The van der Waals surface area contributed by atoms with Crippen LogP contribution in [0.5, 0.6) is 69.0 Å². The molecule has 0 saturated carbocycles. The van der Waals surface area contributed by atoms with E-state index in [2.05, 4.69) is 0 Å². The van der Waals surface area contributed by atoms with Crippen molar-refractivity contribution in [2.24, 2.45) is 23.7 Å². The van der Waals surface area contributed by atoms with E-state index in [4.69, 9.17) is 30.5 Å². The van der Waals surface area contributed by atoms with Gasteiger partial charge < -0.3 is 39.4 Å². The number of hydrogen-bond acceptors (Lipinski definition) is 20. The van der Waals surface area contributed by atoms with Gasteiger partial charge in [-0.2, -0.15) is 13.2 Å². The Morgan fingerprint density at radius 3 is 0.926 bits per heavy atom. The fourth-order valence-corrected chi connectivity index (χ4v) is 20.7. The van der Waals surface area contributed by atoms with Crippen LogP contribution in [0.15, 0.2) is 273 Å². The standard InChI is InChI=1S/C26H20ClF2NO3S.C26H19F4NO3S.C26H20F3NO3S.C26H21F2NO3S/c27-21-4-2-1-3-19(21)23(32)25-24(20-10-7-17(31)11-22(20)34-25)33-18-8-5-15(6-9-18)12-30-13-16(14-30)26(28)29;27-18-5-3-16(4-6-18)23(33)25-24(21-10-7-19(32)11-22(21)35-25)34-20-8-1-15(2-9-20)12-31-13-17(14-31)26(28,29)30;27-21-4-2-1-3-19(21)23(32)25-24(20-10-7-17(31)11-22(20)34-25)33-18-8-5-15(6-9-18)12-30-13-16(14-30)26(28)29;27-26(28)18-14-29(15-18)13-16-6-9-20(10-7-16)32-24-21-11-8-19(30)12-22(21)33-25(24)23(31)17-4-2-1-3-5-17/h1-11,16,26,31H,12-14H2;1-11,17,32H,12-14H2;1-11,16,26,31H,12-14H2;1-12,18,26,30H,13-15H2. The van der Waals surface area contributed by atoms with Crippen LogP contribution in [-0.4, -0.2) is 141 Å². The summed E-state index contributed by atoms with van der Waals surface area (Å²) >= 11 is 11.1. The molecule has 0 bridgehead atoms. The lowest BCUT2D eigenvalue weighted by atomic mass is 9.99. The molecule has 4 aliphatic heterocycles. The average Bonchev–Trinajstić information content (AvgIpc) is 1.63. The molecule has 0 aliphatic carbocycles. The van der Waals surface area contributed by atoms with Crippen molar-refractivity contribution in [3.05, 3.63) is 354 Å². The van der Waals surface area contributed by atoms with Crippen molar-refractivity contribution >= 4 is 120 Å². The van der Waals surface area contributed by atoms with Gasteiger partial charge in [0, 0.05) is 153 Å². The molecule has 4 aliphatic rings. The maximum absolute atomic E-state index is 14.3. The van der Waals surface area contributed by atoms with Gasteiger partial charge in [0.1, 0.15) is 77.1 Å². The number of ether oxygens (including phenoxy) is 4. The molecule has 136 heavy (non-hydrogen) atoms. The molecular formula is C104H80ClF11N4O12S4. The molecule has 4 saturated heterocycles. The van der Waals surface area contributed by atoms with Gasteiger partial charge in [0.05, 0.1) is 16.5 Å². The van der Waals surface area contributed by atoms with Crippen molar-refractivity contribution in [2.75, 3.05) is 52.4 Å². The molecule has 4 N–H and O–H groups in total. The molecule has 0 radical (unpaired) electrons. The van der Waals surface area contributed by atoms with E-state index in [9.17, 15) is 87.9 Å². The number of carbonyl (C=O) groups is 4. The summed E-state index contributed by atoms with van der Waals surface area (Å²) in [7, 11) is 0. The van der Waals surface area contributed by atoms with E-state index in [0.29, 0.717) is 178 Å². The Balaban J connectivity index is 0.000000126. The maximum Gasteiger partial charge on any atom is 0.394 e. The molecule has 0 amide bonds. The van der Waals surface area contributed by atoms with Gasteiger partial charge in [-0.1, -0.05) is 115 Å². The van der Waals surface area contributed by atoms with E-state index in [-0.39, 0.29) is 63.9 Å². The number of hydrogen-bond donors (Lipinski definition) is 4. The van der Waals surface area contributed by atoms with Crippen LogP contribution >= 0.6 is 56.9 Å². The third kappa shape index (κ3) is 22.0. The number of benzene rings is 12. The number of halogens is 12. The van der Waals surface area contributed by atoms with Gasteiger partial charge in [-0.05, 0) is 192 Å². The molecule has 4 fully saturated rings. The zero-order valence-electron chi connectivity index (χ0n) is 71.5. The van der Waals surface area contributed by atoms with Crippen molar-refractivity contribution in [3.63, 3.8) is 0 Å². The topological polar surface area (TPSA) is 199 Å². The highest BCUT2D eigenvalue weighted by Crippen LogP contribution is 2.49. The second-order valence-corrected chi connectivity index (χ2v) is 37.8. The quantitative estimate of drug-likeness (QED) is 0.0280. The van der Waals surface area contributed by atoms with Crippen LogP contribution in [0.1, 0.15) is 83.2 Å². The molecule has 20 rings (SSSR count). The molecule has 16 aromatic rings. The molecule has 0 spiro atoms. The largest absolute Gasteiger partial charge is 0.508 e. The van der Waals surface area contributed by atoms with Crippen LogP contribution in [0, 0.1) is 35.3 Å². The molecule has 32 heteroatoms. The first-order valence-electron chi connectivity index (χ1n) is 42.8. The van der Waals surface area contributed by atoms with Crippen molar-refractivity contribution < 1.29 is 107 Å². The van der Waals surface area contributed by atoms with Crippen LogP contribution in [0.4, 0.5) is 48.3 Å². The van der Waals surface area contributed by atoms with E-state index < -0.39 is 66.5 Å². The summed E-state index contributed by atoms with van der Waals surface area (Å²) in [5.41, 5.74) is 4.98.